The van der Waals surface area contributed by atoms with Crippen LogP contribution in [0.15, 0.2) is 48.5 Å². The molecule has 1 N–H and O–H groups in total. The van der Waals surface area contributed by atoms with E-state index in [9.17, 15) is 9.59 Å². The fourth-order valence-electron chi connectivity index (χ4n) is 3.16. The number of benzene rings is 2. The van der Waals surface area contributed by atoms with Crippen molar-refractivity contribution in [3.63, 3.8) is 0 Å². The molecule has 2 amide bonds. The number of rotatable bonds is 8. The van der Waals surface area contributed by atoms with Crippen LogP contribution in [0.1, 0.15) is 58.2 Å². The molecular formula is C26H36N2O3. The summed E-state index contributed by atoms with van der Waals surface area (Å²) in [7, 11) is 0. The van der Waals surface area contributed by atoms with Crippen molar-refractivity contribution in [1.82, 2.24) is 10.2 Å². The number of hydrogen-bond donors (Lipinski definition) is 1. The van der Waals surface area contributed by atoms with Crippen LogP contribution in [0.25, 0.3) is 0 Å². The van der Waals surface area contributed by atoms with Gasteiger partial charge in [0.2, 0.25) is 5.91 Å². The zero-order valence-corrected chi connectivity index (χ0v) is 19.9. The quantitative estimate of drug-likeness (QED) is 0.673. The highest BCUT2D eigenvalue weighted by atomic mass is 16.5. The minimum atomic E-state index is -0.608. The largest absolute Gasteiger partial charge is 0.484 e. The zero-order chi connectivity index (χ0) is 23.2. The van der Waals surface area contributed by atoms with Crippen LogP contribution in [0.5, 0.6) is 5.75 Å². The fraction of sp³-hybridized carbons (Fsp3) is 0.462. The van der Waals surface area contributed by atoms with Crippen molar-refractivity contribution in [1.29, 1.82) is 0 Å². The molecule has 5 nitrogen and oxygen atoms in total. The second kappa shape index (κ2) is 10.5. The lowest BCUT2D eigenvalue weighted by atomic mass is 9.87. The highest BCUT2D eigenvalue weighted by Gasteiger charge is 2.27. The molecule has 2 aromatic carbocycles. The average molecular weight is 425 g/mol. The normalized spacial score (nSPS) is 12.4. The highest BCUT2D eigenvalue weighted by molar-refractivity contribution is 5.88. The van der Waals surface area contributed by atoms with Gasteiger partial charge in [-0.25, -0.2) is 0 Å². The van der Waals surface area contributed by atoms with Crippen molar-refractivity contribution >= 4 is 11.8 Å². The van der Waals surface area contributed by atoms with E-state index in [4.69, 9.17) is 4.74 Å². The Morgan fingerprint density at radius 3 is 2.06 bits per heavy atom. The predicted octanol–water partition coefficient (Wildman–Crippen LogP) is 4.61. The maximum absolute atomic E-state index is 13.1. The molecule has 2 rings (SSSR count). The number of nitrogens with zero attached hydrogens (tertiary/aromatic N) is 1. The first-order chi connectivity index (χ1) is 14.5. The SMILES string of the molecule is Cc1ccc(CN(C(=O)COc2ccc(C(C)(C)C)cc2)[C@H](C)C(=O)NC(C)C)cc1. The smallest absolute Gasteiger partial charge is 0.261 e. The van der Waals surface area contributed by atoms with Gasteiger partial charge in [-0.2, -0.15) is 0 Å². The number of nitrogens with one attached hydrogen (secondary N) is 1. The second-order valence-corrected chi connectivity index (χ2v) is 9.41. The van der Waals surface area contributed by atoms with Gasteiger partial charge in [-0.3, -0.25) is 9.59 Å². The molecule has 168 valence electrons. The van der Waals surface area contributed by atoms with E-state index in [1.54, 1.807) is 11.8 Å². The molecule has 0 aliphatic carbocycles. The molecule has 0 spiro atoms. The summed E-state index contributed by atoms with van der Waals surface area (Å²) < 4.78 is 5.76. The van der Waals surface area contributed by atoms with Crippen molar-refractivity contribution in [2.24, 2.45) is 0 Å². The standard InChI is InChI=1S/C26H36N2O3/c1-18(2)27-25(30)20(4)28(16-21-10-8-19(3)9-11-21)24(29)17-31-23-14-12-22(13-15-23)26(5,6)7/h8-15,18,20H,16-17H2,1-7H3,(H,27,30)/t20-/m1/s1. The van der Waals surface area contributed by atoms with Crippen LogP contribution in [0.3, 0.4) is 0 Å². The fourth-order valence-corrected chi connectivity index (χ4v) is 3.16. The van der Waals surface area contributed by atoms with Crippen molar-refractivity contribution < 1.29 is 14.3 Å². The van der Waals surface area contributed by atoms with E-state index < -0.39 is 6.04 Å². The van der Waals surface area contributed by atoms with Gasteiger partial charge in [-0.05, 0) is 56.4 Å². The summed E-state index contributed by atoms with van der Waals surface area (Å²) in [6.45, 7) is 14.3. The second-order valence-electron chi connectivity index (χ2n) is 9.41. The molecule has 0 saturated carbocycles. The number of aryl methyl sites for hydroxylation is 1. The van der Waals surface area contributed by atoms with E-state index in [-0.39, 0.29) is 29.9 Å². The number of hydrogen-bond acceptors (Lipinski definition) is 3. The van der Waals surface area contributed by atoms with Gasteiger partial charge < -0.3 is 15.0 Å². The highest BCUT2D eigenvalue weighted by Crippen LogP contribution is 2.24. The molecule has 0 aromatic heterocycles. The van der Waals surface area contributed by atoms with Crippen LogP contribution in [0, 0.1) is 6.92 Å². The number of carbonyl (C=O) groups excluding carboxylic acids is 2. The van der Waals surface area contributed by atoms with E-state index in [0.717, 1.165) is 11.1 Å². The Morgan fingerprint density at radius 2 is 1.55 bits per heavy atom. The lowest BCUT2D eigenvalue weighted by molar-refractivity contribution is -0.142. The van der Waals surface area contributed by atoms with E-state index >= 15 is 0 Å². The summed E-state index contributed by atoms with van der Waals surface area (Å²) in [5, 5.41) is 2.89. The first kappa shape index (κ1) is 24.4. The molecular weight excluding hydrogens is 388 g/mol. The third-order valence-electron chi connectivity index (χ3n) is 5.15. The molecule has 0 fully saturated rings. The molecule has 0 saturated heterocycles. The summed E-state index contributed by atoms with van der Waals surface area (Å²) in [6, 6.07) is 15.2. The molecule has 0 radical (unpaired) electrons. The first-order valence-corrected chi connectivity index (χ1v) is 10.9. The number of amides is 2. The van der Waals surface area contributed by atoms with Gasteiger partial charge in [-0.1, -0.05) is 62.7 Å². The lowest BCUT2D eigenvalue weighted by Crippen LogP contribution is -2.50. The molecule has 0 unspecified atom stereocenters. The topological polar surface area (TPSA) is 58.6 Å². The molecule has 31 heavy (non-hydrogen) atoms. The monoisotopic (exact) mass is 424 g/mol. The summed E-state index contributed by atoms with van der Waals surface area (Å²) in [5.41, 5.74) is 3.37. The van der Waals surface area contributed by atoms with E-state index in [0.29, 0.717) is 12.3 Å². The Kier molecular flexibility index (Phi) is 8.26. The molecule has 0 bridgehead atoms. The summed E-state index contributed by atoms with van der Waals surface area (Å²) in [5.74, 6) is 0.229. The maximum Gasteiger partial charge on any atom is 0.261 e. The Labute approximate surface area is 186 Å². The Hall–Kier alpha value is -2.82. The molecule has 5 heteroatoms. The summed E-state index contributed by atoms with van der Waals surface area (Å²) >= 11 is 0. The number of carbonyl (C=O) groups is 2. The van der Waals surface area contributed by atoms with Crippen molar-refractivity contribution in [3.8, 4) is 5.75 Å². The molecule has 0 aliphatic heterocycles. The number of ether oxygens (including phenoxy) is 1. The molecule has 0 aliphatic rings. The van der Waals surface area contributed by atoms with Crippen LogP contribution in [0.2, 0.25) is 0 Å². The van der Waals surface area contributed by atoms with Crippen molar-refractivity contribution in [2.45, 2.75) is 72.5 Å². The van der Waals surface area contributed by atoms with Gasteiger partial charge in [0.1, 0.15) is 11.8 Å². The summed E-state index contributed by atoms with van der Waals surface area (Å²) in [4.78, 5) is 27.2. The van der Waals surface area contributed by atoms with Crippen LogP contribution >= 0.6 is 0 Å². The Balaban J connectivity index is 2.12. The van der Waals surface area contributed by atoms with Crippen LogP contribution in [-0.4, -0.2) is 35.4 Å². The van der Waals surface area contributed by atoms with Crippen molar-refractivity contribution in [3.05, 3.63) is 65.2 Å². The van der Waals surface area contributed by atoms with Crippen LogP contribution in [-0.2, 0) is 21.5 Å². The third-order valence-corrected chi connectivity index (χ3v) is 5.15. The van der Waals surface area contributed by atoms with Gasteiger partial charge in [0.25, 0.3) is 5.91 Å². The van der Waals surface area contributed by atoms with Crippen molar-refractivity contribution in [2.75, 3.05) is 6.61 Å². The van der Waals surface area contributed by atoms with Gasteiger partial charge in [0.15, 0.2) is 6.61 Å². The average Bonchev–Trinajstić information content (AvgIpc) is 2.70. The van der Waals surface area contributed by atoms with Gasteiger partial charge in [0.05, 0.1) is 0 Å². The molecule has 0 heterocycles. The molecule has 2 aromatic rings. The lowest BCUT2D eigenvalue weighted by Gasteiger charge is -2.29. The van der Waals surface area contributed by atoms with Gasteiger partial charge in [-0.15, -0.1) is 0 Å². The van der Waals surface area contributed by atoms with Gasteiger partial charge >= 0.3 is 0 Å². The van der Waals surface area contributed by atoms with E-state index in [1.807, 2.05) is 69.3 Å². The third kappa shape index (κ3) is 7.42. The minimum Gasteiger partial charge on any atom is -0.484 e. The minimum absolute atomic E-state index is 0.00357. The Bertz CT molecular complexity index is 865. The predicted molar refractivity (Wildman–Crippen MR) is 125 cm³/mol. The van der Waals surface area contributed by atoms with Crippen LogP contribution < -0.4 is 10.1 Å². The Morgan fingerprint density at radius 1 is 0.968 bits per heavy atom. The van der Waals surface area contributed by atoms with Crippen LogP contribution in [0.4, 0.5) is 0 Å². The maximum atomic E-state index is 13.1. The van der Waals surface area contributed by atoms with E-state index in [2.05, 4.69) is 26.1 Å². The molecule has 1 atom stereocenters. The van der Waals surface area contributed by atoms with Gasteiger partial charge in [0, 0.05) is 12.6 Å². The zero-order valence-electron chi connectivity index (χ0n) is 19.9. The first-order valence-electron chi connectivity index (χ1n) is 10.9. The van der Waals surface area contributed by atoms with E-state index in [1.165, 1.54) is 5.56 Å². The summed E-state index contributed by atoms with van der Waals surface area (Å²) in [6.07, 6.45) is 0.